The van der Waals surface area contributed by atoms with Crippen molar-refractivity contribution < 1.29 is 13.7 Å². The van der Waals surface area contributed by atoms with Crippen LogP contribution in [0.3, 0.4) is 0 Å². The van der Waals surface area contributed by atoms with Gasteiger partial charge in [-0.1, -0.05) is 41.6 Å². The standard InChI is InChI=1S/C21H17N3O3S/c1-24(14-19-22-20(23-27-19)18-10-6-12-28-18)21(25)17(13-16-9-5-11-26-16)15-7-3-2-4-8-15/h2-13H,14H2,1H3/b17-13+. The van der Waals surface area contributed by atoms with Crippen molar-refractivity contribution in [2.45, 2.75) is 6.54 Å². The van der Waals surface area contributed by atoms with E-state index in [-0.39, 0.29) is 12.5 Å². The molecule has 0 atom stereocenters. The van der Waals surface area contributed by atoms with Crippen molar-refractivity contribution in [2.24, 2.45) is 0 Å². The van der Waals surface area contributed by atoms with Gasteiger partial charge in [0, 0.05) is 7.05 Å². The number of aromatic nitrogens is 2. The van der Waals surface area contributed by atoms with Crippen LogP contribution in [0.5, 0.6) is 0 Å². The Labute approximate surface area is 165 Å². The average Bonchev–Trinajstić information content (AvgIpc) is 3.48. The number of hydrogen-bond acceptors (Lipinski definition) is 6. The molecule has 0 radical (unpaired) electrons. The summed E-state index contributed by atoms with van der Waals surface area (Å²) in [5, 5.41) is 5.94. The molecule has 28 heavy (non-hydrogen) atoms. The lowest BCUT2D eigenvalue weighted by molar-refractivity contribution is -0.124. The molecular weight excluding hydrogens is 374 g/mol. The number of benzene rings is 1. The molecule has 1 aromatic carbocycles. The predicted octanol–water partition coefficient (Wildman–Crippen LogP) is 4.59. The second-order valence-corrected chi connectivity index (χ2v) is 7.04. The molecule has 0 aliphatic rings. The topological polar surface area (TPSA) is 72.4 Å². The van der Waals surface area contributed by atoms with E-state index in [2.05, 4.69) is 10.1 Å². The Morgan fingerprint density at radius 2 is 2.00 bits per heavy atom. The Morgan fingerprint density at radius 1 is 1.14 bits per heavy atom. The summed E-state index contributed by atoms with van der Waals surface area (Å²) in [5.41, 5.74) is 1.33. The zero-order valence-electron chi connectivity index (χ0n) is 15.1. The minimum atomic E-state index is -0.168. The lowest BCUT2D eigenvalue weighted by Gasteiger charge is -2.17. The highest BCUT2D eigenvalue weighted by atomic mass is 32.1. The summed E-state index contributed by atoms with van der Waals surface area (Å²) >= 11 is 1.53. The summed E-state index contributed by atoms with van der Waals surface area (Å²) in [6.45, 7) is 0.208. The smallest absolute Gasteiger partial charge is 0.254 e. The third kappa shape index (κ3) is 3.94. The van der Waals surface area contributed by atoms with Crippen LogP contribution < -0.4 is 0 Å². The summed E-state index contributed by atoms with van der Waals surface area (Å²) < 4.78 is 10.7. The fourth-order valence-electron chi connectivity index (χ4n) is 2.71. The van der Waals surface area contributed by atoms with E-state index in [1.54, 1.807) is 30.4 Å². The Morgan fingerprint density at radius 3 is 2.71 bits per heavy atom. The molecule has 4 rings (SSSR count). The van der Waals surface area contributed by atoms with E-state index in [4.69, 9.17) is 8.94 Å². The summed E-state index contributed by atoms with van der Waals surface area (Å²) in [4.78, 5) is 20.0. The molecule has 0 saturated heterocycles. The largest absolute Gasteiger partial charge is 0.465 e. The van der Waals surface area contributed by atoms with Gasteiger partial charge < -0.3 is 13.8 Å². The molecule has 6 nitrogen and oxygen atoms in total. The molecule has 3 aromatic heterocycles. The molecule has 1 amide bonds. The summed E-state index contributed by atoms with van der Waals surface area (Å²) in [5.74, 6) is 1.35. The first kappa shape index (κ1) is 17.9. The Kier molecular flexibility index (Phi) is 5.16. The van der Waals surface area contributed by atoms with Gasteiger partial charge in [0.15, 0.2) is 0 Å². The number of carbonyl (C=O) groups is 1. The summed E-state index contributed by atoms with van der Waals surface area (Å²) in [7, 11) is 1.70. The van der Waals surface area contributed by atoms with E-state index in [0.717, 1.165) is 10.4 Å². The third-order valence-corrected chi connectivity index (χ3v) is 4.94. The predicted molar refractivity (Wildman–Crippen MR) is 107 cm³/mol. The lowest BCUT2D eigenvalue weighted by Crippen LogP contribution is -2.27. The third-order valence-electron chi connectivity index (χ3n) is 4.07. The van der Waals surface area contributed by atoms with E-state index < -0.39 is 0 Å². The van der Waals surface area contributed by atoms with E-state index in [9.17, 15) is 4.79 Å². The van der Waals surface area contributed by atoms with Crippen LogP contribution in [0.1, 0.15) is 17.2 Å². The molecule has 0 aliphatic heterocycles. The van der Waals surface area contributed by atoms with Crippen LogP contribution in [0.4, 0.5) is 0 Å². The number of hydrogen-bond donors (Lipinski definition) is 0. The van der Waals surface area contributed by atoms with E-state index in [0.29, 0.717) is 23.0 Å². The van der Waals surface area contributed by atoms with E-state index >= 15 is 0 Å². The molecule has 0 saturated carbocycles. The van der Waals surface area contributed by atoms with Crippen LogP contribution in [0.25, 0.3) is 22.4 Å². The maximum atomic E-state index is 13.1. The molecule has 7 heteroatoms. The number of rotatable bonds is 6. The summed E-state index contributed by atoms with van der Waals surface area (Å²) in [6.07, 6.45) is 3.31. The normalized spacial score (nSPS) is 11.5. The summed E-state index contributed by atoms with van der Waals surface area (Å²) in [6, 6.07) is 16.9. The van der Waals surface area contributed by atoms with Crippen LogP contribution in [0, 0.1) is 0 Å². The van der Waals surface area contributed by atoms with Crippen molar-refractivity contribution in [1.82, 2.24) is 15.0 Å². The second-order valence-electron chi connectivity index (χ2n) is 6.09. The Hall–Kier alpha value is -3.45. The van der Waals surface area contributed by atoms with E-state index in [1.165, 1.54) is 11.3 Å². The maximum absolute atomic E-state index is 13.1. The van der Waals surface area contributed by atoms with E-state index in [1.807, 2.05) is 53.9 Å². The molecule has 0 spiro atoms. The maximum Gasteiger partial charge on any atom is 0.254 e. The van der Waals surface area contributed by atoms with Crippen molar-refractivity contribution in [1.29, 1.82) is 0 Å². The SMILES string of the molecule is CN(Cc1nc(-c2cccs2)no1)C(=O)/C(=C/c1ccco1)c1ccccc1. The van der Waals surface area contributed by atoms with Gasteiger partial charge in [-0.2, -0.15) is 4.98 Å². The number of thiophene rings is 1. The molecule has 140 valence electrons. The number of amides is 1. The number of carbonyl (C=O) groups excluding carboxylic acids is 1. The first-order chi connectivity index (χ1) is 13.7. The first-order valence-corrected chi connectivity index (χ1v) is 9.51. The van der Waals surface area contributed by atoms with Gasteiger partial charge in [0.25, 0.3) is 5.91 Å². The lowest BCUT2D eigenvalue weighted by atomic mass is 10.0. The van der Waals surface area contributed by atoms with Crippen LogP contribution in [-0.4, -0.2) is 28.0 Å². The van der Waals surface area contributed by atoms with Crippen LogP contribution in [0.15, 0.2) is 75.2 Å². The van der Waals surface area contributed by atoms with Gasteiger partial charge in [0.05, 0.1) is 23.3 Å². The van der Waals surface area contributed by atoms with Crippen molar-refractivity contribution in [3.05, 3.63) is 83.5 Å². The van der Waals surface area contributed by atoms with Gasteiger partial charge in [-0.05, 0) is 35.2 Å². The average molecular weight is 391 g/mol. The number of nitrogens with zero attached hydrogens (tertiary/aromatic N) is 3. The molecule has 0 bridgehead atoms. The minimum Gasteiger partial charge on any atom is -0.465 e. The van der Waals surface area contributed by atoms with Gasteiger partial charge in [0.2, 0.25) is 11.7 Å². The van der Waals surface area contributed by atoms with Gasteiger partial charge in [-0.3, -0.25) is 4.79 Å². The molecule has 3 heterocycles. The van der Waals surface area contributed by atoms with Gasteiger partial charge >= 0.3 is 0 Å². The fourth-order valence-corrected chi connectivity index (χ4v) is 3.36. The van der Waals surface area contributed by atoms with Crippen molar-refractivity contribution >= 4 is 28.9 Å². The molecule has 0 N–H and O–H groups in total. The minimum absolute atomic E-state index is 0.168. The van der Waals surface area contributed by atoms with Crippen LogP contribution in [0.2, 0.25) is 0 Å². The first-order valence-electron chi connectivity index (χ1n) is 8.63. The highest BCUT2D eigenvalue weighted by molar-refractivity contribution is 7.13. The Bertz CT molecular complexity index is 1070. The zero-order valence-corrected chi connectivity index (χ0v) is 15.9. The molecule has 0 aliphatic carbocycles. The van der Waals surface area contributed by atoms with Gasteiger partial charge in [-0.25, -0.2) is 0 Å². The van der Waals surface area contributed by atoms with Crippen LogP contribution in [-0.2, 0) is 11.3 Å². The second kappa shape index (κ2) is 8.06. The van der Waals surface area contributed by atoms with Crippen molar-refractivity contribution in [3.63, 3.8) is 0 Å². The Balaban J connectivity index is 1.56. The van der Waals surface area contributed by atoms with Crippen molar-refractivity contribution in [3.8, 4) is 10.7 Å². The highest BCUT2D eigenvalue weighted by Crippen LogP contribution is 2.23. The zero-order chi connectivity index (χ0) is 19.3. The van der Waals surface area contributed by atoms with Crippen molar-refractivity contribution in [2.75, 3.05) is 7.05 Å². The monoisotopic (exact) mass is 391 g/mol. The van der Waals surface area contributed by atoms with Gasteiger partial charge in [0.1, 0.15) is 5.76 Å². The highest BCUT2D eigenvalue weighted by Gasteiger charge is 2.20. The van der Waals surface area contributed by atoms with Gasteiger partial charge in [-0.15, -0.1) is 11.3 Å². The number of furan rings is 1. The molecule has 4 aromatic rings. The molecule has 0 fully saturated rings. The number of likely N-dealkylation sites (N-methyl/N-ethyl adjacent to an activating group) is 1. The van der Waals surface area contributed by atoms with Crippen LogP contribution >= 0.6 is 11.3 Å². The molecular formula is C21H17N3O3S. The molecule has 0 unspecified atom stereocenters. The fraction of sp³-hybridized carbons (Fsp3) is 0.0952. The quantitative estimate of drug-likeness (QED) is 0.450.